The van der Waals surface area contributed by atoms with Gasteiger partial charge in [0.05, 0.1) is 0 Å². The minimum absolute atomic E-state index is 0.285. The van der Waals surface area contributed by atoms with Crippen LogP contribution in [0.15, 0.2) is 24.3 Å². The molecule has 0 atom stereocenters. The molecule has 0 aliphatic carbocycles. The first-order chi connectivity index (χ1) is 9.87. The summed E-state index contributed by atoms with van der Waals surface area (Å²) in [4.78, 5) is 14.2. The summed E-state index contributed by atoms with van der Waals surface area (Å²) in [5.41, 5.74) is 1.37. The van der Waals surface area contributed by atoms with Crippen LogP contribution in [0.2, 0.25) is 0 Å². The number of nitrogens with zero attached hydrogens (tertiary/aromatic N) is 1. The highest BCUT2D eigenvalue weighted by Crippen LogP contribution is 2.22. The van der Waals surface area contributed by atoms with Crippen molar-refractivity contribution in [3.05, 3.63) is 24.3 Å². The maximum absolute atomic E-state index is 12.4. The van der Waals surface area contributed by atoms with E-state index in [1.165, 1.54) is 0 Å². The van der Waals surface area contributed by atoms with Gasteiger partial charge in [-0.3, -0.25) is 4.90 Å². The lowest BCUT2D eigenvalue weighted by Gasteiger charge is -2.27. The zero-order valence-corrected chi connectivity index (χ0v) is 13.9. The number of nitrogens with one attached hydrogen (secondary N) is 1. The maximum atomic E-state index is 12.4. The monoisotopic (exact) mass is 292 g/mol. The molecule has 0 aliphatic heterocycles. The molecule has 0 aromatic heterocycles. The maximum Gasteiger partial charge on any atom is 0.414 e. The number of amides is 1. The van der Waals surface area contributed by atoms with E-state index in [9.17, 15) is 4.79 Å². The van der Waals surface area contributed by atoms with Crippen LogP contribution in [-0.2, 0) is 4.74 Å². The van der Waals surface area contributed by atoms with Gasteiger partial charge in [-0.15, -0.1) is 0 Å². The zero-order chi connectivity index (χ0) is 15.9. The fraction of sp³-hybridized carbons (Fsp3) is 0.588. The number of carbonyl (C=O) groups is 1. The summed E-state index contributed by atoms with van der Waals surface area (Å²) >= 11 is 0. The summed E-state index contributed by atoms with van der Waals surface area (Å²) in [6.45, 7) is 8.49. The average molecular weight is 292 g/mol. The Hall–Kier alpha value is -1.71. The summed E-state index contributed by atoms with van der Waals surface area (Å²) < 4.78 is 5.53. The molecule has 0 unspecified atom stereocenters. The second kappa shape index (κ2) is 7.91. The Morgan fingerprint density at radius 2 is 2.00 bits per heavy atom. The lowest BCUT2D eigenvalue weighted by Crippen LogP contribution is -2.37. The first-order valence-corrected chi connectivity index (χ1v) is 7.65. The molecule has 4 heteroatoms. The number of rotatable bonds is 6. The number of unbranched alkanes of at least 4 members (excludes halogenated alkanes) is 2. The van der Waals surface area contributed by atoms with Crippen LogP contribution in [-0.4, -0.2) is 25.3 Å². The van der Waals surface area contributed by atoms with Gasteiger partial charge in [-0.2, -0.15) is 0 Å². The molecule has 1 aromatic carbocycles. The number of anilines is 2. The summed E-state index contributed by atoms with van der Waals surface area (Å²) in [5.74, 6) is 0. The van der Waals surface area contributed by atoms with Crippen LogP contribution in [0.1, 0.15) is 47.0 Å². The van der Waals surface area contributed by atoms with Gasteiger partial charge in [0.25, 0.3) is 0 Å². The molecule has 0 aliphatic rings. The van der Waals surface area contributed by atoms with E-state index in [-0.39, 0.29) is 6.09 Å². The largest absolute Gasteiger partial charge is 0.443 e. The van der Waals surface area contributed by atoms with Crippen LogP contribution in [0.3, 0.4) is 0 Å². The van der Waals surface area contributed by atoms with Crippen molar-refractivity contribution in [2.24, 2.45) is 0 Å². The molecule has 118 valence electrons. The minimum Gasteiger partial charge on any atom is -0.443 e. The van der Waals surface area contributed by atoms with Crippen LogP contribution in [0, 0.1) is 0 Å². The topological polar surface area (TPSA) is 41.6 Å². The molecule has 1 N–H and O–H groups in total. The molecule has 0 saturated heterocycles. The third-order valence-electron chi connectivity index (χ3n) is 3.05. The highest BCUT2D eigenvalue weighted by molar-refractivity contribution is 5.88. The van der Waals surface area contributed by atoms with E-state index in [0.717, 1.165) is 30.6 Å². The molecule has 0 radical (unpaired) electrons. The average Bonchev–Trinajstić information content (AvgIpc) is 2.41. The van der Waals surface area contributed by atoms with Crippen molar-refractivity contribution in [3.63, 3.8) is 0 Å². The van der Waals surface area contributed by atoms with Crippen LogP contribution in [0.25, 0.3) is 0 Å². The second-order valence-corrected chi connectivity index (χ2v) is 6.14. The Morgan fingerprint density at radius 3 is 2.57 bits per heavy atom. The van der Waals surface area contributed by atoms with Crippen molar-refractivity contribution >= 4 is 17.5 Å². The molecule has 21 heavy (non-hydrogen) atoms. The number of carbonyl (C=O) groups excluding carboxylic acids is 1. The number of benzene rings is 1. The summed E-state index contributed by atoms with van der Waals surface area (Å²) in [6, 6.07) is 7.83. The van der Waals surface area contributed by atoms with Gasteiger partial charge < -0.3 is 10.1 Å². The van der Waals surface area contributed by atoms with Crippen molar-refractivity contribution in [1.82, 2.24) is 0 Å². The third-order valence-corrected chi connectivity index (χ3v) is 3.05. The molecule has 0 spiro atoms. The van der Waals surface area contributed by atoms with Gasteiger partial charge in [0.2, 0.25) is 0 Å². The normalized spacial score (nSPS) is 11.1. The Labute approximate surface area is 128 Å². The van der Waals surface area contributed by atoms with Crippen LogP contribution < -0.4 is 10.2 Å². The smallest absolute Gasteiger partial charge is 0.414 e. The molecule has 1 amide bonds. The number of hydrogen-bond acceptors (Lipinski definition) is 3. The van der Waals surface area contributed by atoms with Gasteiger partial charge in [-0.1, -0.05) is 25.8 Å². The lowest BCUT2D eigenvalue weighted by atomic mass is 10.2. The standard InChI is InChI=1S/C17H28N2O2/c1-6-7-8-12-19(16(20)21-17(2,3)4)15-11-9-10-14(13-15)18-5/h9-11,13,18H,6-8,12H2,1-5H3. The van der Waals surface area contributed by atoms with Crippen LogP contribution in [0.4, 0.5) is 16.2 Å². The van der Waals surface area contributed by atoms with Gasteiger partial charge >= 0.3 is 6.09 Å². The molecule has 0 saturated carbocycles. The fourth-order valence-corrected chi connectivity index (χ4v) is 1.99. The summed E-state index contributed by atoms with van der Waals surface area (Å²) in [6.07, 6.45) is 2.91. The fourth-order valence-electron chi connectivity index (χ4n) is 1.99. The Morgan fingerprint density at radius 1 is 1.29 bits per heavy atom. The quantitative estimate of drug-likeness (QED) is 0.775. The van der Waals surface area contributed by atoms with Gasteiger partial charge in [-0.05, 0) is 45.4 Å². The van der Waals surface area contributed by atoms with E-state index in [1.54, 1.807) is 4.90 Å². The van der Waals surface area contributed by atoms with E-state index < -0.39 is 5.60 Å². The predicted octanol–water partition coefficient (Wildman–Crippen LogP) is 4.66. The van der Waals surface area contributed by atoms with Gasteiger partial charge in [0.1, 0.15) is 5.60 Å². The van der Waals surface area contributed by atoms with Gasteiger partial charge in [0.15, 0.2) is 0 Å². The minimum atomic E-state index is -0.485. The van der Waals surface area contributed by atoms with E-state index in [2.05, 4.69) is 12.2 Å². The molecule has 0 bridgehead atoms. The highest BCUT2D eigenvalue weighted by Gasteiger charge is 2.23. The van der Waals surface area contributed by atoms with Crippen molar-refractivity contribution in [2.45, 2.75) is 52.6 Å². The molecular weight excluding hydrogens is 264 g/mol. The molecule has 4 nitrogen and oxygen atoms in total. The lowest BCUT2D eigenvalue weighted by molar-refractivity contribution is 0.0580. The molecule has 0 fully saturated rings. The number of ether oxygens (including phenoxy) is 1. The SMILES string of the molecule is CCCCCN(C(=O)OC(C)(C)C)c1cccc(NC)c1. The van der Waals surface area contributed by atoms with E-state index in [4.69, 9.17) is 4.74 Å². The Kier molecular flexibility index (Phi) is 6.53. The van der Waals surface area contributed by atoms with Crippen molar-refractivity contribution in [3.8, 4) is 0 Å². The number of hydrogen-bond donors (Lipinski definition) is 1. The first kappa shape index (κ1) is 17.3. The van der Waals surface area contributed by atoms with Crippen molar-refractivity contribution in [1.29, 1.82) is 0 Å². The zero-order valence-electron chi connectivity index (χ0n) is 13.9. The predicted molar refractivity (Wildman–Crippen MR) is 89.1 cm³/mol. The van der Waals surface area contributed by atoms with E-state index >= 15 is 0 Å². The molecule has 1 rings (SSSR count). The molecule has 1 aromatic rings. The summed E-state index contributed by atoms with van der Waals surface area (Å²) in [5, 5.41) is 3.10. The Balaban J connectivity index is 2.92. The van der Waals surface area contributed by atoms with Gasteiger partial charge in [0, 0.05) is 25.0 Å². The van der Waals surface area contributed by atoms with E-state index in [0.29, 0.717) is 6.54 Å². The van der Waals surface area contributed by atoms with Crippen molar-refractivity contribution in [2.75, 3.05) is 23.8 Å². The third kappa shape index (κ3) is 6.06. The van der Waals surface area contributed by atoms with Crippen LogP contribution >= 0.6 is 0 Å². The highest BCUT2D eigenvalue weighted by atomic mass is 16.6. The van der Waals surface area contributed by atoms with Crippen molar-refractivity contribution < 1.29 is 9.53 Å². The first-order valence-electron chi connectivity index (χ1n) is 7.65. The van der Waals surface area contributed by atoms with E-state index in [1.807, 2.05) is 52.1 Å². The molecular formula is C17H28N2O2. The van der Waals surface area contributed by atoms with Gasteiger partial charge in [-0.25, -0.2) is 4.79 Å². The van der Waals surface area contributed by atoms with Crippen LogP contribution in [0.5, 0.6) is 0 Å². The molecule has 0 heterocycles. The Bertz CT molecular complexity index is 452. The summed E-state index contributed by atoms with van der Waals surface area (Å²) in [7, 11) is 1.87. The second-order valence-electron chi connectivity index (χ2n) is 6.14.